The normalized spacial score (nSPS) is 12.0. The second kappa shape index (κ2) is 36.0. The largest absolute Gasteiger partial charge is 0.452 e. The number of para-hydroxylation sites is 2. The number of aromatic nitrogens is 10. The van der Waals surface area contributed by atoms with Gasteiger partial charge >= 0.3 is 0 Å². The van der Waals surface area contributed by atoms with Crippen molar-refractivity contribution in [2.75, 3.05) is 0 Å². The lowest BCUT2D eigenvalue weighted by Crippen LogP contribution is -2.16. The summed E-state index contributed by atoms with van der Waals surface area (Å²) in [5, 5.41) is 9.25. The maximum absolute atomic E-state index is 6.23. The summed E-state index contributed by atoms with van der Waals surface area (Å²) in [5.74, 6) is 4.32. The Morgan fingerprint density at radius 1 is 0.188 bits per heavy atom. The standard InChI is InChI=1S/C26H22N2O.2C26H22N2S.C20H18N2O.C20H18N2S/c1-26(2,3)25-27-22(24-23(28-25)20-14-7-8-15-21(20)29-24)19-13-9-12-18(16-19)17-10-5-4-6-11-17;1-26(2,3)25-27-23(22-20-14-7-8-15-21(20)29-24(22)28-25)19-13-9-12-18(16-19)17-10-5-4-6-11-17;1-26(2,3)25-27-23(22-20-11-7-8-12-21(20)29-24(22)28-25)19-15-13-18(14-16-19)17-9-5-4-6-10-17;1-20(2,3)19-21-16(13-9-5-4-6-10-13)18-17(22-19)14-11-7-8-12-15(14)23-18;1-20(2,3)19-21-17(13-9-5-4-6-10-13)16-14-11-7-8-12-15(14)23-18(16)22-19/h3*4-16H,1-3H3;2*4-12H,1-3H3. The van der Waals surface area contributed by atoms with Crippen LogP contribution in [0, 0.1) is 0 Å². The highest BCUT2D eigenvalue weighted by molar-refractivity contribution is 7.26. The quantitative estimate of drug-likeness (QED) is 0.142. The summed E-state index contributed by atoms with van der Waals surface area (Å²) < 4.78 is 16.1. The first-order valence-electron chi connectivity index (χ1n) is 45.2. The molecule has 23 aromatic rings. The molecule has 10 heterocycles. The lowest BCUT2D eigenvalue weighted by atomic mass is 9.94. The van der Waals surface area contributed by atoms with Crippen molar-refractivity contribution in [3.8, 4) is 89.7 Å². The van der Waals surface area contributed by atoms with Crippen molar-refractivity contribution in [3.05, 3.63) is 375 Å². The van der Waals surface area contributed by atoms with E-state index in [-0.39, 0.29) is 27.1 Å². The Morgan fingerprint density at radius 2 is 0.414 bits per heavy atom. The third-order valence-corrected chi connectivity index (χ3v) is 26.6. The molecule has 0 saturated carbocycles. The Balaban J connectivity index is 0.000000108. The summed E-state index contributed by atoms with van der Waals surface area (Å²) in [5.41, 5.74) is 21.8. The van der Waals surface area contributed by atoms with Crippen LogP contribution in [-0.2, 0) is 27.1 Å². The van der Waals surface area contributed by atoms with Gasteiger partial charge in [0.2, 0.25) is 0 Å². The maximum Gasteiger partial charge on any atom is 0.180 e. The molecule has 133 heavy (non-hydrogen) atoms. The van der Waals surface area contributed by atoms with E-state index in [9.17, 15) is 0 Å². The molecule has 0 unspecified atom stereocenters. The number of furan rings is 2. The minimum atomic E-state index is -0.168. The molecule has 0 atom stereocenters. The molecule has 0 aliphatic carbocycles. The van der Waals surface area contributed by atoms with Crippen LogP contribution in [-0.4, -0.2) is 49.8 Å². The summed E-state index contributed by atoms with van der Waals surface area (Å²) in [4.78, 5) is 52.6. The van der Waals surface area contributed by atoms with Crippen LogP contribution in [0.15, 0.2) is 355 Å². The van der Waals surface area contributed by atoms with Crippen LogP contribution in [0.4, 0.5) is 0 Å². The molecule has 654 valence electrons. The van der Waals surface area contributed by atoms with Gasteiger partial charge < -0.3 is 8.83 Å². The fraction of sp³-hybridized carbons (Fsp3) is 0.169. The van der Waals surface area contributed by atoms with Crippen molar-refractivity contribution in [3.63, 3.8) is 0 Å². The minimum Gasteiger partial charge on any atom is -0.452 e. The third kappa shape index (κ3) is 18.3. The van der Waals surface area contributed by atoms with Crippen LogP contribution >= 0.6 is 34.0 Å². The number of hydrogen-bond acceptors (Lipinski definition) is 15. The average Bonchev–Trinajstić information content (AvgIpc) is 1.63. The molecule has 0 N–H and O–H groups in total. The Morgan fingerprint density at radius 3 is 0.759 bits per heavy atom. The van der Waals surface area contributed by atoms with Crippen molar-refractivity contribution in [1.82, 2.24) is 49.8 Å². The van der Waals surface area contributed by atoms with E-state index in [1.165, 1.54) is 63.5 Å². The summed E-state index contributed by atoms with van der Waals surface area (Å²) >= 11 is 5.25. The van der Waals surface area contributed by atoms with Gasteiger partial charge in [0.15, 0.2) is 11.2 Å². The molecular formula is C118H102N10O2S3. The predicted octanol–water partition coefficient (Wildman–Crippen LogP) is 33.1. The van der Waals surface area contributed by atoms with E-state index < -0.39 is 0 Å². The summed E-state index contributed by atoms with van der Waals surface area (Å²) in [6, 6.07) is 119. The molecule has 23 rings (SSSR count). The molecule has 0 amide bonds. The first-order chi connectivity index (χ1) is 64.1. The second-order valence-corrected chi connectivity index (χ2v) is 41.8. The Kier molecular flexibility index (Phi) is 23.8. The number of hydrogen-bond donors (Lipinski definition) is 0. The number of fused-ring (bicyclic) bond motifs is 15. The van der Waals surface area contributed by atoms with E-state index in [1.807, 2.05) is 72.8 Å². The molecule has 0 spiro atoms. The van der Waals surface area contributed by atoms with Gasteiger partial charge in [-0.2, -0.15) is 0 Å². The van der Waals surface area contributed by atoms with Crippen LogP contribution in [0.2, 0.25) is 0 Å². The van der Waals surface area contributed by atoms with Crippen LogP contribution < -0.4 is 0 Å². The molecule has 15 heteroatoms. The maximum atomic E-state index is 6.23. The molecule has 13 aromatic carbocycles. The van der Waals surface area contributed by atoms with E-state index >= 15 is 0 Å². The first-order valence-corrected chi connectivity index (χ1v) is 47.6. The van der Waals surface area contributed by atoms with Crippen molar-refractivity contribution in [2.45, 2.75) is 131 Å². The fourth-order valence-corrected chi connectivity index (χ4v) is 19.6. The zero-order chi connectivity index (χ0) is 92.1. The van der Waals surface area contributed by atoms with E-state index in [4.69, 9.17) is 58.7 Å². The number of thiophene rings is 3. The van der Waals surface area contributed by atoms with Gasteiger partial charge in [0.25, 0.3) is 0 Å². The Hall–Kier alpha value is -14.5. The van der Waals surface area contributed by atoms with Gasteiger partial charge in [-0.3, -0.25) is 0 Å². The van der Waals surface area contributed by atoms with Gasteiger partial charge in [-0.15, -0.1) is 34.0 Å². The van der Waals surface area contributed by atoms with Gasteiger partial charge in [0.1, 0.15) is 77.2 Å². The van der Waals surface area contributed by atoms with Crippen LogP contribution in [0.5, 0.6) is 0 Å². The van der Waals surface area contributed by atoms with Gasteiger partial charge in [-0.25, -0.2) is 49.8 Å². The zero-order valence-corrected chi connectivity index (χ0v) is 79.9. The van der Waals surface area contributed by atoms with E-state index in [1.54, 1.807) is 34.0 Å². The summed E-state index contributed by atoms with van der Waals surface area (Å²) in [6.07, 6.45) is 0. The SMILES string of the molecule is CC(C)(C)c1nc(-c2ccc(-c3ccccc3)cc2)c2c(n1)sc1ccccc12.CC(C)(C)c1nc(-c2cccc(-c3ccccc3)c2)c2c(n1)sc1ccccc12.CC(C)(C)c1nc(-c2cccc(-c3ccccc3)c2)c2oc3ccccc3c2n1.CC(C)(C)c1nc(-c2ccccc2)c2c(n1)sc1ccccc12.CC(C)(C)c1nc(-c2ccccc2)c2oc3ccccc3c2n1. The van der Waals surface area contributed by atoms with Gasteiger partial charge in [0, 0.05) is 112 Å². The van der Waals surface area contributed by atoms with Crippen molar-refractivity contribution in [2.24, 2.45) is 0 Å². The summed E-state index contributed by atoms with van der Waals surface area (Å²) in [6.45, 7) is 32.3. The average molecular weight is 1790 g/mol. The summed E-state index contributed by atoms with van der Waals surface area (Å²) in [7, 11) is 0. The van der Waals surface area contributed by atoms with Gasteiger partial charge in [-0.05, 0) is 88.0 Å². The highest BCUT2D eigenvalue weighted by Crippen LogP contribution is 2.46. The van der Waals surface area contributed by atoms with E-state index in [2.05, 4.69) is 377 Å². The molecule has 0 aliphatic heterocycles. The van der Waals surface area contributed by atoms with Gasteiger partial charge in [0.05, 0.1) is 17.1 Å². The third-order valence-electron chi connectivity index (χ3n) is 23.4. The van der Waals surface area contributed by atoms with E-state index in [0.29, 0.717) is 0 Å². The predicted molar refractivity (Wildman–Crippen MR) is 560 cm³/mol. The molecule has 0 bridgehead atoms. The molecule has 0 fully saturated rings. The van der Waals surface area contributed by atoms with Crippen LogP contribution in [0.1, 0.15) is 133 Å². The number of rotatable bonds is 8. The van der Waals surface area contributed by atoms with E-state index in [0.717, 1.165) is 160 Å². The lowest BCUT2D eigenvalue weighted by Gasteiger charge is -2.18. The van der Waals surface area contributed by atoms with Gasteiger partial charge in [-0.1, -0.05) is 395 Å². The first kappa shape index (κ1) is 87.8. The molecule has 0 saturated heterocycles. The number of nitrogens with zero attached hydrogens (tertiary/aromatic N) is 10. The topological polar surface area (TPSA) is 155 Å². The number of benzene rings is 13. The monoisotopic (exact) mass is 1790 g/mol. The van der Waals surface area contributed by atoms with Crippen molar-refractivity contribution >= 4 is 139 Å². The Labute approximate surface area is 787 Å². The molecular weight excluding hydrogens is 1690 g/mol. The second-order valence-electron chi connectivity index (χ2n) is 38.7. The molecule has 0 radical (unpaired) electrons. The van der Waals surface area contributed by atoms with Crippen molar-refractivity contribution < 1.29 is 8.83 Å². The molecule has 10 aromatic heterocycles. The highest BCUT2D eigenvalue weighted by atomic mass is 32.1. The van der Waals surface area contributed by atoms with Crippen molar-refractivity contribution in [1.29, 1.82) is 0 Å². The highest BCUT2D eigenvalue weighted by Gasteiger charge is 2.30. The van der Waals surface area contributed by atoms with Crippen LogP contribution in [0.25, 0.3) is 195 Å². The van der Waals surface area contributed by atoms with Crippen LogP contribution in [0.3, 0.4) is 0 Å². The minimum absolute atomic E-state index is 0.0755. The smallest absolute Gasteiger partial charge is 0.180 e. The molecule has 0 aliphatic rings. The fourth-order valence-electron chi connectivity index (χ4n) is 16.3. The lowest BCUT2D eigenvalue weighted by molar-refractivity contribution is 0.547. The Bertz CT molecular complexity index is 8180. The molecule has 12 nitrogen and oxygen atoms in total. The zero-order valence-electron chi connectivity index (χ0n) is 77.4.